The maximum absolute atomic E-state index is 11.6. The summed E-state index contributed by atoms with van der Waals surface area (Å²) in [5.74, 6) is 0.698. The molecule has 1 saturated heterocycles. The van der Waals surface area contributed by atoms with Gasteiger partial charge in [-0.1, -0.05) is 0 Å². The zero-order valence-electron chi connectivity index (χ0n) is 15.1. The van der Waals surface area contributed by atoms with Crippen molar-refractivity contribution in [2.24, 2.45) is 0 Å². The van der Waals surface area contributed by atoms with E-state index in [1.54, 1.807) is 19.1 Å². The van der Waals surface area contributed by atoms with Crippen LogP contribution in [0.15, 0.2) is 42.6 Å². The van der Waals surface area contributed by atoms with Crippen molar-refractivity contribution >= 4 is 32.9 Å². The van der Waals surface area contributed by atoms with Gasteiger partial charge in [-0.2, -0.15) is 0 Å². The minimum atomic E-state index is -3.28. The van der Waals surface area contributed by atoms with Crippen LogP contribution in [0.1, 0.15) is 6.92 Å². The van der Waals surface area contributed by atoms with Gasteiger partial charge in [-0.15, -0.1) is 0 Å². The van der Waals surface area contributed by atoms with Crippen molar-refractivity contribution in [1.82, 2.24) is 9.88 Å². The number of sulfonamides is 1. The molecule has 3 rings (SSSR count). The van der Waals surface area contributed by atoms with Gasteiger partial charge in [0.15, 0.2) is 0 Å². The highest BCUT2D eigenvalue weighted by molar-refractivity contribution is 7.92. The lowest BCUT2D eigenvalue weighted by molar-refractivity contribution is 0.313. The van der Waals surface area contributed by atoms with Gasteiger partial charge in [-0.05, 0) is 50.4 Å². The average Bonchev–Trinajstić information content (AvgIpc) is 2.65. The maximum atomic E-state index is 11.6. The molecule has 140 valence electrons. The summed E-state index contributed by atoms with van der Waals surface area (Å²) >= 11 is 0. The fraction of sp³-hybridized carbons (Fsp3) is 0.389. The van der Waals surface area contributed by atoms with Crippen molar-refractivity contribution in [1.29, 1.82) is 0 Å². The van der Waals surface area contributed by atoms with Gasteiger partial charge in [0, 0.05) is 37.6 Å². The maximum Gasteiger partial charge on any atom is 0.232 e. The highest BCUT2D eigenvalue weighted by Crippen LogP contribution is 2.22. The number of nitrogens with one attached hydrogen (secondary N) is 2. The first-order valence-electron chi connectivity index (χ1n) is 8.72. The Morgan fingerprint density at radius 1 is 1.00 bits per heavy atom. The molecule has 0 amide bonds. The fourth-order valence-corrected chi connectivity index (χ4v) is 3.37. The molecule has 1 aromatic heterocycles. The van der Waals surface area contributed by atoms with E-state index in [-0.39, 0.29) is 5.75 Å². The highest BCUT2D eigenvalue weighted by Gasteiger charge is 2.14. The van der Waals surface area contributed by atoms with Crippen LogP contribution >= 0.6 is 0 Å². The lowest BCUT2D eigenvalue weighted by atomic mass is 10.2. The van der Waals surface area contributed by atoms with Crippen LogP contribution in [0.2, 0.25) is 0 Å². The van der Waals surface area contributed by atoms with Crippen molar-refractivity contribution in [3.8, 4) is 0 Å². The Bertz CT molecular complexity index is 814. The second-order valence-corrected chi connectivity index (χ2v) is 8.41. The highest BCUT2D eigenvalue weighted by atomic mass is 32.2. The molecule has 0 unspecified atom stereocenters. The van der Waals surface area contributed by atoms with E-state index in [2.05, 4.69) is 44.0 Å². The van der Waals surface area contributed by atoms with E-state index in [4.69, 9.17) is 0 Å². The first kappa shape index (κ1) is 18.5. The lowest BCUT2D eigenvalue weighted by Crippen LogP contribution is -2.44. The summed E-state index contributed by atoms with van der Waals surface area (Å²) in [5, 5.41) is 3.23. The average molecular weight is 375 g/mol. The molecule has 0 spiro atoms. The van der Waals surface area contributed by atoms with E-state index < -0.39 is 10.0 Å². The quantitative estimate of drug-likeness (QED) is 0.807. The van der Waals surface area contributed by atoms with Crippen LogP contribution in [0.25, 0.3) is 0 Å². The topological polar surface area (TPSA) is 77.6 Å². The Kier molecular flexibility index (Phi) is 5.63. The molecule has 0 aliphatic carbocycles. The summed E-state index contributed by atoms with van der Waals surface area (Å²) in [6.45, 7) is 5.84. The number of rotatable bonds is 6. The van der Waals surface area contributed by atoms with Gasteiger partial charge in [0.05, 0.1) is 17.6 Å². The molecule has 0 atom stereocenters. The summed E-state index contributed by atoms with van der Waals surface area (Å²) in [4.78, 5) is 8.98. The van der Waals surface area contributed by atoms with Crippen LogP contribution in [-0.2, 0) is 10.0 Å². The van der Waals surface area contributed by atoms with Crippen molar-refractivity contribution < 1.29 is 8.42 Å². The lowest BCUT2D eigenvalue weighted by Gasteiger charge is -2.34. The molecule has 0 radical (unpaired) electrons. The monoisotopic (exact) mass is 375 g/mol. The summed E-state index contributed by atoms with van der Waals surface area (Å²) in [6.07, 6.45) is 1.51. The van der Waals surface area contributed by atoms with E-state index >= 15 is 0 Å². The van der Waals surface area contributed by atoms with E-state index in [1.165, 1.54) is 11.9 Å². The Morgan fingerprint density at radius 2 is 1.65 bits per heavy atom. The number of pyridine rings is 1. The number of benzene rings is 1. The number of anilines is 4. The van der Waals surface area contributed by atoms with Crippen molar-refractivity contribution in [2.75, 3.05) is 53.9 Å². The molecule has 7 nitrogen and oxygen atoms in total. The Labute approximate surface area is 155 Å². The summed E-state index contributed by atoms with van der Waals surface area (Å²) in [6, 6.07) is 11.7. The van der Waals surface area contributed by atoms with Crippen LogP contribution in [0.3, 0.4) is 0 Å². The molecular formula is C18H25N5O2S. The van der Waals surface area contributed by atoms with Crippen LogP contribution in [0.5, 0.6) is 0 Å². The van der Waals surface area contributed by atoms with Gasteiger partial charge in [-0.25, -0.2) is 13.4 Å². The van der Waals surface area contributed by atoms with E-state index in [0.29, 0.717) is 11.5 Å². The second-order valence-electron chi connectivity index (χ2n) is 6.40. The van der Waals surface area contributed by atoms with Gasteiger partial charge in [0.1, 0.15) is 5.82 Å². The van der Waals surface area contributed by atoms with E-state index in [0.717, 1.165) is 31.9 Å². The molecule has 2 N–H and O–H groups in total. The molecule has 2 heterocycles. The largest absolute Gasteiger partial charge is 0.369 e. The summed E-state index contributed by atoms with van der Waals surface area (Å²) < 4.78 is 25.6. The zero-order chi connectivity index (χ0) is 18.6. The third-order valence-electron chi connectivity index (χ3n) is 4.43. The second kappa shape index (κ2) is 7.92. The number of aromatic nitrogens is 1. The zero-order valence-corrected chi connectivity index (χ0v) is 16.0. The number of piperazine rings is 1. The minimum Gasteiger partial charge on any atom is -0.369 e. The molecule has 2 aromatic rings. The van der Waals surface area contributed by atoms with Crippen LogP contribution in [0.4, 0.5) is 22.9 Å². The number of hydrogen-bond acceptors (Lipinski definition) is 6. The Morgan fingerprint density at radius 3 is 2.23 bits per heavy atom. The molecule has 0 bridgehead atoms. The van der Waals surface area contributed by atoms with E-state index in [1.807, 2.05) is 12.1 Å². The van der Waals surface area contributed by atoms with Crippen molar-refractivity contribution in [3.05, 3.63) is 42.6 Å². The molecule has 1 aliphatic rings. The molecule has 1 fully saturated rings. The third kappa shape index (κ3) is 4.86. The third-order valence-corrected chi connectivity index (χ3v) is 5.73. The van der Waals surface area contributed by atoms with Gasteiger partial charge < -0.3 is 15.1 Å². The fourth-order valence-electron chi connectivity index (χ4n) is 2.75. The molecule has 0 saturated carbocycles. The van der Waals surface area contributed by atoms with Gasteiger partial charge in [-0.3, -0.25) is 4.72 Å². The predicted molar refractivity (Wildman–Crippen MR) is 107 cm³/mol. The van der Waals surface area contributed by atoms with Gasteiger partial charge in [0.25, 0.3) is 0 Å². The Balaban J connectivity index is 1.60. The molecule has 26 heavy (non-hydrogen) atoms. The standard InChI is InChI=1S/C18H25N5O2S/c1-3-26(24,25)21-16-6-9-18(19-14-16)20-15-4-7-17(8-5-15)23-12-10-22(2)11-13-23/h4-9,14,21H,3,10-13H2,1-2H3,(H,19,20). The predicted octanol–water partition coefficient (Wildman–Crippen LogP) is 2.34. The molecule has 8 heteroatoms. The van der Waals surface area contributed by atoms with Gasteiger partial charge in [0.2, 0.25) is 10.0 Å². The van der Waals surface area contributed by atoms with Crippen LogP contribution in [-0.4, -0.2) is 57.3 Å². The molecular weight excluding hydrogens is 350 g/mol. The number of hydrogen-bond donors (Lipinski definition) is 2. The Hall–Kier alpha value is -2.32. The first-order chi connectivity index (χ1) is 12.4. The SMILES string of the molecule is CCS(=O)(=O)Nc1ccc(Nc2ccc(N3CCN(C)CC3)cc2)nc1. The summed E-state index contributed by atoms with van der Waals surface area (Å²) in [5.41, 5.74) is 2.63. The van der Waals surface area contributed by atoms with Gasteiger partial charge >= 0.3 is 0 Å². The smallest absolute Gasteiger partial charge is 0.232 e. The normalized spacial score (nSPS) is 15.7. The first-order valence-corrected chi connectivity index (χ1v) is 10.4. The van der Waals surface area contributed by atoms with Crippen LogP contribution < -0.4 is 14.9 Å². The van der Waals surface area contributed by atoms with Crippen molar-refractivity contribution in [2.45, 2.75) is 6.92 Å². The van der Waals surface area contributed by atoms with Crippen LogP contribution in [0, 0.1) is 0 Å². The number of nitrogens with zero attached hydrogens (tertiary/aromatic N) is 3. The minimum absolute atomic E-state index is 0.0344. The van der Waals surface area contributed by atoms with E-state index in [9.17, 15) is 8.42 Å². The van der Waals surface area contributed by atoms with Crippen molar-refractivity contribution in [3.63, 3.8) is 0 Å². The number of likely N-dealkylation sites (N-methyl/N-ethyl adjacent to an activating group) is 1. The summed E-state index contributed by atoms with van der Waals surface area (Å²) in [7, 11) is -1.13. The molecule has 1 aromatic carbocycles. The molecule has 1 aliphatic heterocycles.